The van der Waals surface area contributed by atoms with Gasteiger partial charge in [-0.1, -0.05) is 42.5 Å². The standard InChI is InChI=1S/C25H22N4O4/c1-4-33-24(31)19-18(16-12-10-15(14-26)11-13-16)20-22(28(2)25(32)29(3)23(20)30)27-21(19)17-8-6-5-7-9-17/h5-13,18,27H,4H2,1-3H3/t18-/m0/s1. The van der Waals surface area contributed by atoms with E-state index < -0.39 is 23.1 Å². The van der Waals surface area contributed by atoms with Gasteiger partial charge in [-0.25, -0.2) is 9.59 Å². The fraction of sp³-hybridized carbons (Fsp3) is 0.200. The average molecular weight is 442 g/mol. The predicted octanol–water partition coefficient (Wildman–Crippen LogP) is 2.49. The van der Waals surface area contributed by atoms with E-state index in [9.17, 15) is 19.6 Å². The van der Waals surface area contributed by atoms with Crippen LogP contribution in [0.1, 0.15) is 35.1 Å². The molecule has 2 aromatic carbocycles. The summed E-state index contributed by atoms with van der Waals surface area (Å²) in [5.41, 5.74) is 1.76. The topological polar surface area (TPSA) is 106 Å². The Balaban J connectivity index is 2.12. The first-order valence-electron chi connectivity index (χ1n) is 10.4. The summed E-state index contributed by atoms with van der Waals surface area (Å²) in [4.78, 5) is 39.3. The molecule has 0 aliphatic carbocycles. The Labute approximate surface area is 190 Å². The molecule has 0 radical (unpaired) electrons. The molecular formula is C25H22N4O4. The minimum atomic E-state index is -0.811. The van der Waals surface area contributed by atoms with Gasteiger partial charge in [0.25, 0.3) is 5.56 Å². The number of hydrogen-bond acceptors (Lipinski definition) is 6. The van der Waals surface area contributed by atoms with Gasteiger partial charge in [0.15, 0.2) is 0 Å². The zero-order valence-electron chi connectivity index (χ0n) is 18.5. The van der Waals surface area contributed by atoms with Crippen molar-refractivity contribution in [2.24, 2.45) is 14.1 Å². The number of nitrogens with zero attached hydrogens (tertiary/aromatic N) is 3. The highest BCUT2D eigenvalue weighted by Crippen LogP contribution is 2.42. The molecule has 8 nitrogen and oxygen atoms in total. The van der Waals surface area contributed by atoms with Gasteiger partial charge in [0.2, 0.25) is 0 Å². The number of ether oxygens (including phenoxy) is 1. The quantitative estimate of drug-likeness (QED) is 0.623. The van der Waals surface area contributed by atoms with Crippen LogP contribution in [-0.2, 0) is 23.6 Å². The van der Waals surface area contributed by atoms with E-state index in [1.807, 2.05) is 30.3 Å². The van der Waals surface area contributed by atoms with Gasteiger partial charge in [0, 0.05) is 14.1 Å². The smallest absolute Gasteiger partial charge is 0.337 e. The van der Waals surface area contributed by atoms with Crippen molar-refractivity contribution in [1.29, 1.82) is 5.26 Å². The molecule has 33 heavy (non-hydrogen) atoms. The van der Waals surface area contributed by atoms with Crippen LogP contribution in [-0.4, -0.2) is 21.7 Å². The monoisotopic (exact) mass is 442 g/mol. The lowest BCUT2D eigenvalue weighted by Crippen LogP contribution is -2.43. The maximum Gasteiger partial charge on any atom is 0.337 e. The van der Waals surface area contributed by atoms with E-state index >= 15 is 0 Å². The number of anilines is 1. The fourth-order valence-electron chi connectivity index (χ4n) is 4.10. The summed E-state index contributed by atoms with van der Waals surface area (Å²) in [5.74, 6) is -1.07. The maximum absolute atomic E-state index is 13.3. The van der Waals surface area contributed by atoms with Gasteiger partial charge >= 0.3 is 11.7 Å². The highest BCUT2D eigenvalue weighted by atomic mass is 16.5. The Bertz CT molecular complexity index is 1420. The summed E-state index contributed by atoms with van der Waals surface area (Å²) >= 11 is 0. The third kappa shape index (κ3) is 3.64. The SMILES string of the molecule is CCOC(=O)C1=C(c2ccccc2)Nc2c(c(=O)n(C)c(=O)n2C)[C@H]1c1ccc(C#N)cc1. The predicted molar refractivity (Wildman–Crippen MR) is 124 cm³/mol. The number of esters is 1. The van der Waals surface area contributed by atoms with Crippen LogP contribution in [0, 0.1) is 11.3 Å². The van der Waals surface area contributed by atoms with Crippen LogP contribution in [0.15, 0.2) is 69.8 Å². The van der Waals surface area contributed by atoms with E-state index in [0.717, 1.165) is 4.57 Å². The van der Waals surface area contributed by atoms with Crippen molar-refractivity contribution in [3.05, 3.63) is 103 Å². The minimum absolute atomic E-state index is 0.155. The third-order valence-electron chi connectivity index (χ3n) is 5.72. The maximum atomic E-state index is 13.3. The molecule has 0 spiro atoms. The number of hydrogen-bond donors (Lipinski definition) is 1. The van der Waals surface area contributed by atoms with E-state index in [0.29, 0.717) is 28.2 Å². The number of carbonyl (C=O) groups is 1. The van der Waals surface area contributed by atoms with Gasteiger partial charge in [-0.3, -0.25) is 13.9 Å². The van der Waals surface area contributed by atoms with E-state index in [1.165, 1.54) is 11.6 Å². The molecule has 1 N–H and O–H groups in total. The normalized spacial score (nSPS) is 14.8. The number of rotatable bonds is 4. The number of benzene rings is 2. The van der Waals surface area contributed by atoms with Crippen LogP contribution in [0.5, 0.6) is 0 Å². The number of nitrogens with one attached hydrogen (secondary N) is 1. The van der Waals surface area contributed by atoms with Crippen LogP contribution >= 0.6 is 0 Å². The number of aromatic nitrogens is 2. The molecule has 0 unspecified atom stereocenters. The summed E-state index contributed by atoms with van der Waals surface area (Å²) in [7, 11) is 2.97. The molecule has 0 saturated heterocycles. The van der Waals surface area contributed by atoms with Crippen LogP contribution in [0.25, 0.3) is 5.70 Å². The molecule has 1 aliphatic rings. The highest BCUT2D eigenvalue weighted by Gasteiger charge is 2.38. The van der Waals surface area contributed by atoms with Crippen LogP contribution in [0.2, 0.25) is 0 Å². The third-order valence-corrected chi connectivity index (χ3v) is 5.72. The van der Waals surface area contributed by atoms with E-state index in [4.69, 9.17) is 4.74 Å². The second kappa shape index (κ2) is 8.63. The first-order valence-corrected chi connectivity index (χ1v) is 10.4. The largest absolute Gasteiger partial charge is 0.463 e. The lowest BCUT2D eigenvalue weighted by Gasteiger charge is -2.32. The molecule has 0 saturated carbocycles. The van der Waals surface area contributed by atoms with Crippen molar-refractivity contribution < 1.29 is 9.53 Å². The van der Waals surface area contributed by atoms with Crippen molar-refractivity contribution in [2.75, 3.05) is 11.9 Å². The average Bonchev–Trinajstić information content (AvgIpc) is 2.85. The van der Waals surface area contributed by atoms with Gasteiger partial charge in [-0.15, -0.1) is 0 Å². The fourth-order valence-corrected chi connectivity index (χ4v) is 4.10. The Morgan fingerprint density at radius 3 is 2.33 bits per heavy atom. The lowest BCUT2D eigenvalue weighted by atomic mass is 9.80. The van der Waals surface area contributed by atoms with Crippen molar-refractivity contribution in [3.8, 4) is 6.07 Å². The lowest BCUT2D eigenvalue weighted by molar-refractivity contribution is -0.138. The first kappa shape index (κ1) is 21.8. The zero-order chi connectivity index (χ0) is 23.7. The number of nitriles is 1. The Morgan fingerprint density at radius 2 is 1.73 bits per heavy atom. The molecular weight excluding hydrogens is 420 g/mol. The number of fused-ring (bicyclic) bond motifs is 1. The van der Waals surface area contributed by atoms with Crippen molar-refractivity contribution in [1.82, 2.24) is 9.13 Å². The molecule has 4 rings (SSSR count). The second-order valence-electron chi connectivity index (χ2n) is 7.64. The molecule has 1 aromatic heterocycles. The molecule has 0 fully saturated rings. The Hall–Kier alpha value is -4.38. The molecule has 1 atom stereocenters. The first-order chi connectivity index (χ1) is 15.9. The minimum Gasteiger partial charge on any atom is -0.463 e. The summed E-state index contributed by atoms with van der Waals surface area (Å²) < 4.78 is 7.78. The number of carbonyl (C=O) groups excluding carboxylic acids is 1. The molecule has 8 heteroatoms. The highest BCUT2D eigenvalue weighted by molar-refractivity contribution is 6.04. The van der Waals surface area contributed by atoms with E-state index in [-0.39, 0.29) is 17.7 Å². The summed E-state index contributed by atoms with van der Waals surface area (Å²) in [6, 6.07) is 18.0. The van der Waals surface area contributed by atoms with Gasteiger partial charge < -0.3 is 10.1 Å². The van der Waals surface area contributed by atoms with Crippen molar-refractivity contribution in [2.45, 2.75) is 12.8 Å². The van der Waals surface area contributed by atoms with E-state index in [1.54, 1.807) is 38.2 Å². The zero-order valence-corrected chi connectivity index (χ0v) is 18.5. The Morgan fingerprint density at radius 1 is 1.06 bits per heavy atom. The summed E-state index contributed by atoms with van der Waals surface area (Å²) in [5, 5.41) is 12.4. The second-order valence-corrected chi connectivity index (χ2v) is 7.64. The molecule has 0 amide bonds. The molecule has 3 aromatic rings. The summed E-state index contributed by atoms with van der Waals surface area (Å²) in [6.07, 6.45) is 0. The van der Waals surface area contributed by atoms with E-state index in [2.05, 4.69) is 11.4 Å². The van der Waals surface area contributed by atoms with Crippen LogP contribution in [0.3, 0.4) is 0 Å². The van der Waals surface area contributed by atoms with Crippen LogP contribution in [0.4, 0.5) is 5.82 Å². The molecule has 166 valence electrons. The van der Waals surface area contributed by atoms with Gasteiger partial charge in [0.05, 0.1) is 41.0 Å². The molecule has 0 bridgehead atoms. The van der Waals surface area contributed by atoms with Gasteiger partial charge in [0.1, 0.15) is 5.82 Å². The Kier molecular flexibility index (Phi) is 5.71. The van der Waals surface area contributed by atoms with Crippen molar-refractivity contribution >= 4 is 17.5 Å². The van der Waals surface area contributed by atoms with Gasteiger partial charge in [-0.2, -0.15) is 5.26 Å². The molecule has 2 heterocycles. The van der Waals surface area contributed by atoms with Gasteiger partial charge in [-0.05, 0) is 30.2 Å². The summed E-state index contributed by atoms with van der Waals surface area (Å²) in [6.45, 7) is 1.87. The van der Waals surface area contributed by atoms with Crippen LogP contribution < -0.4 is 16.6 Å². The molecule has 1 aliphatic heterocycles. The van der Waals surface area contributed by atoms with Crippen molar-refractivity contribution in [3.63, 3.8) is 0 Å².